The van der Waals surface area contributed by atoms with Crippen molar-refractivity contribution in [1.82, 2.24) is 15.1 Å². The normalized spacial score (nSPS) is 11.9. The smallest absolute Gasteiger partial charge is 0.243 e. The van der Waals surface area contributed by atoms with Gasteiger partial charge in [0.15, 0.2) is 0 Å². The Labute approximate surface area is 126 Å². The van der Waals surface area contributed by atoms with Gasteiger partial charge in [-0.15, -0.1) is 0 Å². The van der Waals surface area contributed by atoms with Gasteiger partial charge in [0.25, 0.3) is 0 Å². The highest BCUT2D eigenvalue weighted by atomic mass is 16.1. The van der Waals surface area contributed by atoms with Crippen LogP contribution >= 0.6 is 0 Å². The number of rotatable bonds is 8. The molecule has 118 valence electrons. The summed E-state index contributed by atoms with van der Waals surface area (Å²) in [6.45, 7) is 1.31. The fourth-order valence-corrected chi connectivity index (χ4v) is 1.45. The average molecular weight is 295 g/mol. The zero-order chi connectivity index (χ0) is 16.1. The zero-order valence-electron chi connectivity index (χ0n) is 13.0. The van der Waals surface area contributed by atoms with Gasteiger partial charge in [-0.05, 0) is 25.5 Å². The van der Waals surface area contributed by atoms with Crippen molar-refractivity contribution in [3.63, 3.8) is 0 Å². The maximum absolute atomic E-state index is 11.0. The summed E-state index contributed by atoms with van der Waals surface area (Å²) in [7, 11) is 5.07. The lowest BCUT2D eigenvalue weighted by molar-refractivity contribution is -0.116. The molecule has 21 heavy (non-hydrogen) atoms. The molecule has 0 aliphatic carbocycles. The molecule has 2 amide bonds. The number of amides is 2. The standard InChI is InChI=1S/C14H25N5O2/c1-16-13(21)8-5-4-6-10-17-14(19(3)12-20)18(2)11-7-9-15/h5-6,8,10,12H,4,7,9,11,15H2,1-3H3,(H,16,21)/b8-5-,10-6+,17-14-. The van der Waals surface area contributed by atoms with Crippen LogP contribution in [0.3, 0.4) is 0 Å². The molecule has 7 heteroatoms. The third kappa shape index (κ3) is 8.59. The van der Waals surface area contributed by atoms with Crippen LogP contribution in [-0.2, 0) is 9.59 Å². The van der Waals surface area contributed by atoms with E-state index in [1.807, 2.05) is 11.9 Å². The number of carbonyl (C=O) groups excluding carboxylic acids is 2. The summed E-state index contributed by atoms with van der Waals surface area (Å²) in [5, 5.41) is 2.49. The maximum Gasteiger partial charge on any atom is 0.243 e. The van der Waals surface area contributed by atoms with Crippen LogP contribution < -0.4 is 11.1 Å². The third-order valence-electron chi connectivity index (χ3n) is 2.60. The molecular weight excluding hydrogens is 270 g/mol. The largest absolute Gasteiger partial charge is 0.356 e. The first-order valence-corrected chi connectivity index (χ1v) is 6.77. The number of likely N-dealkylation sites (N-methyl/N-ethyl adjacent to an activating group) is 1. The molecule has 0 unspecified atom stereocenters. The van der Waals surface area contributed by atoms with Crippen molar-refractivity contribution in [1.29, 1.82) is 0 Å². The molecule has 0 saturated heterocycles. The minimum absolute atomic E-state index is 0.144. The molecule has 0 aromatic rings. The number of aliphatic imine (C=N–C) groups is 1. The molecule has 7 nitrogen and oxygen atoms in total. The Kier molecular flexibility index (Phi) is 10.5. The molecule has 0 spiro atoms. The van der Waals surface area contributed by atoms with Crippen molar-refractivity contribution in [3.8, 4) is 0 Å². The van der Waals surface area contributed by atoms with E-state index in [1.165, 1.54) is 11.0 Å². The van der Waals surface area contributed by atoms with Gasteiger partial charge in [0.05, 0.1) is 0 Å². The van der Waals surface area contributed by atoms with E-state index in [1.54, 1.807) is 32.4 Å². The van der Waals surface area contributed by atoms with Crippen LogP contribution in [0, 0.1) is 0 Å². The van der Waals surface area contributed by atoms with E-state index in [0.717, 1.165) is 13.0 Å². The molecule has 0 bridgehead atoms. The summed E-state index contributed by atoms with van der Waals surface area (Å²) in [4.78, 5) is 29.4. The fourth-order valence-electron chi connectivity index (χ4n) is 1.45. The molecule has 0 aromatic carbocycles. The highest BCUT2D eigenvalue weighted by Gasteiger charge is 2.09. The van der Waals surface area contributed by atoms with Crippen LogP contribution in [0.2, 0.25) is 0 Å². The summed E-state index contributed by atoms with van der Waals surface area (Å²) in [6, 6.07) is 0. The van der Waals surface area contributed by atoms with Gasteiger partial charge >= 0.3 is 0 Å². The van der Waals surface area contributed by atoms with E-state index >= 15 is 0 Å². The Morgan fingerprint density at radius 3 is 2.62 bits per heavy atom. The maximum atomic E-state index is 11.0. The van der Waals surface area contributed by atoms with Crippen LogP contribution in [0.1, 0.15) is 12.8 Å². The average Bonchev–Trinajstić information content (AvgIpc) is 2.50. The predicted molar refractivity (Wildman–Crippen MR) is 84.5 cm³/mol. The highest BCUT2D eigenvalue weighted by Crippen LogP contribution is 1.96. The van der Waals surface area contributed by atoms with Gasteiger partial charge in [0.1, 0.15) is 0 Å². The van der Waals surface area contributed by atoms with Crippen LogP contribution in [0.5, 0.6) is 0 Å². The summed E-state index contributed by atoms with van der Waals surface area (Å²) in [5.74, 6) is 0.403. The van der Waals surface area contributed by atoms with Gasteiger partial charge in [-0.3, -0.25) is 14.5 Å². The first kappa shape index (κ1) is 18.9. The Bertz CT molecular complexity index is 404. The van der Waals surface area contributed by atoms with E-state index in [-0.39, 0.29) is 5.91 Å². The molecule has 0 aliphatic heterocycles. The molecule has 0 atom stereocenters. The number of nitrogens with two attached hydrogens (primary N) is 1. The number of hydrogen-bond acceptors (Lipinski definition) is 4. The van der Waals surface area contributed by atoms with Crippen LogP contribution in [0.15, 0.2) is 29.4 Å². The third-order valence-corrected chi connectivity index (χ3v) is 2.60. The molecule has 0 aromatic heterocycles. The number of nitrogens with zero attached hydrogens (tertiary/aromatic N) is 3. The topological polar surface area (TPSA) is 91.0 Å². The molecular formula is C14H25N5O2. The molecule has 0 radical (unpaired) electrons. The van der Waals surface area contributed by atoms with Crippen molar-refractivity contribution >= 4 is 18.3 Å². The van der Waals surface area contributed by atoms with Crippen molar-refractivity contribution in [2.75, 3.05) is 34.2 Å². The second-order valence-electron chi connectivity index (χ2n) is 4.35. The molecule has 0 rings (SSSR count). The van der Waals surface area contributed by atoms with Crippen molar-refractivity contribution in [2.24, 2.45) is 10.7 Å². The lowest BCUT2D eigenvalue weighted by Gasteiger charge is -2.24. The minimum atomic E-state index is -0.144. The fraction of sp³-hybridized carbons (Fsp3) is 0.500. The highest BCUT2D eigenvalue weighted by molar-refractivity contribution is 5.88. The summed E-state index contributed by atoms with van der Waals surface area (Å²) in [5.41, 5.74) is 5.47. The first-order chi connectivity index (χ1) is 10.1. The monoisotopic (exact) mass is 295 g/mol. The lowest BCUT2D eigenvalue weighted by Crippen LogP contribution is -2.40. The van der Waals surface area contributed by atoms with Gasteiger partial charge < -0.3 is 16.0 Å². The van der Waals surface area contributed by atoms with Crippen LogP contribution in [0.4, 0.5) is 0 Å². The quantitative estimate of drug-likeness (QED) is 0.283. The number of nitrogens with one attached hydrogen (secondary N) is 1. The van der Waals surface area contributed by atoms with Crippen LogP contribution in [-0.4, -0.2) is 62.3 Å². The minimum Gasteiger partial charge on any atom is -0.356 e. The van der Waals surface area contributed by atoms with Crippen molar-refractivity contribution in [2.45, 2.75) is 12.8 Å². The van der Waals surface area contributed by atoms with Crippen molar-refractivity contribution < 1.29 is 9.59 Å². The first-order valence-electron chi connectivity index (χ1n) is 6.77. The van der Waals surface area contributed by atoms with E-state index in [9.17, 15) is 9.59 Å². The number of allylic oxidation sites excluding steroid dienone is 2. The van der Waals surface area contributed by atoms with E-state index in [4.69, 9.17) is 5.73 Å². The molecule has 0 heterocycles. The summed E-state index contributed by atoms with van der Waals surface area (Å²) < 4.78 is 0. The zero-order valence-corrected chi connectivity index (χ0v) is 13.0. The van der Waals surface area contributed by atoms with E-state index in [0.29, 0.717) is 25.3 Å². The lowest BCUT2D eigenvalue weighted by atomic mass is 10.3. The molecule has 3 N–H and O–H groups in total. The Balaban J connectivity index is 4.58. The molecule has 0 fully saturated rings. The number of guanidine groups is 1. The Morgan fingerprint density at radius 1 is 1.33 bits per heavy atom. The van der Waals surface area contributed by atoms with Gasteiger partial charge in [0.2, 0.25) is 18.3 Å². The summed E-state index contributed by atoms with van der Waals surface area (Å²) in [6.07, 6.45) is 8.71. The van der Waals surface area contributed by atoms with E-state index in [2.05, 4.69) is 10.3 Å². The second-order valence-corrected chi connectivity index (χ2v) is 4.35. The molecule has 0 saturated carbocycles. The van der Waals surface area contributed by atoms with E-state index < -0.39 is 0 Å². The van der Waals surface area contributed by atoms with Gasteiger partial charge in [0, 0.05) is 33.9 Å². The number of hydrogen-bond donors (Lipinski definition) is 2. The van der Waals surface area contributed by atoms with Crippen LogP contribution in [0.25, 0.3) is 0 Å². The molecule has 0 aliphatic rings. The Hall–Kier alpha value is -2.15. The SMILES string of the molecule is CNC(=O)/C=C\C/C=C/N=C(\N(C)C=O)N(C)CCCN. The second kappa shape index (κ2) is 11.7. The predicted octanol–water partition coefficient (Wildman–Crippen LogP) is -0.0828. The summed E-state index contributed by atoms with van der Waals surface area (Å²) >= 11 is 0. The van der Waals surface area contributed by atoms with Gasteiger partial charge in [-0.2, -0.15) is 0 Å². The van der Waals surface area contributed by atoms with Gasteiger partial charge in [-0.1, -0.05) is 12.2 Å². The van der Waals surface area contributed by atoms with Crippen molar-refractivity contribution in [3.05, 3.63) is 24.4 Å². The number of carbonyl (C=O) groups is 2. The van der Waals surface area contributed by atoms with Gasteiger partial charge in [-0.25, -0.2) is 4.99 Å². The Morgan fingerprint density at radius 2 is 2.05 bits per heavy atom.